The minimum Gasteiger partial charge on any atom is -0.726 e. The Kier molecular flexibility index (Phi) is 39.1. The Morgan fingerprint density at radius 1 is 0.471 bits per heavy atom. The van der Waals surface area contributed by atoms with Gasteiger partial charge in [-0.3, -0.25) is 4.18 Å². The number of rotatable bonds is 37. The molecule has 0 saturated carbocycles. The van der Waals surface area contributed by atoms with Crippen molar-refractivity contribution in [3.05, 3.63) is 0 Å². The number of carbonyl (C=O) groups excluding carboxylic acids is 2. The number of hydrogen-bond acceptors (Lipinski definition) is 9. The molecule has 0 amide bonds. The summed E-state index contributed by atoms with van der Waals surface area (Å²) in [5.74, 6) is -0.777. The van der Waals surface area contributed by atoms with Crippen molar-refractivity contribution in [3.8, 4) is 0 Å². The predicted octanol–water partition coefficient (Wildman–Crippen LogP) is 11.9. The number of quaternary nitrogens is 1. The van der Waals surface area contributed by atoms with Gasteiger partial charge in [-0.2, -0.15) is 9.68 Å². The molecule has 0 rings (SSSR count). The van der Waals surface area contributed by atoms with Crippen LogP contribution >= 0.6 is 0 Å². The van der Waals surface area contributed by atoms with E-state index in [-0.39, 0.29) is 18.5 Å². The van der Waals surface area contributed by atoms with E-state index in [9.17, 15) is 22.6 Å². The standard InChI is InChI=1S/C39H78NO5.CH4O4S/c1-5-8-10-12-14-16-18-20-22-24-26-28-30-32-34-36-38(41)44-40(4,43-7-3)45-39(42)37-35-33-31-29-27-25-23-21-19-17-15-13-11-9-6-2;1-5-6(2,3)4/h5-37H2,1-4H3;1H3,(H,2,3,4)/q+1;/p-1. The van der Waals surface area contributed by atoms with Crippen LogP contribution in [-0.4, -0.2) is 50.6 Å². The van der Waals surface area contributed by atoms with Crippen LogP contribution in [0.25, 0.3) is 0 Å². The number of unbranched alkanes of at least 4 members (excludes halogenated alkanes) is 28. The lowest BCUT2D eigenvalue weighted by molar-refractivity contribution is -1.34. The van der Waals surface area contributed by atoms with E-state index >= 15 is 0 Å². The minimum atomic E-state index is -4.41. The van der Waals surface area contributed by atoms with Crippen LogP contribution in [0.4, 0.5) is 0 Å². The van der Waals surface area contributed by atoms with E-state index in [1.807, 2.05) is 0 Å². The van der Waals surface area contributed by atoms with Gasteiger partial charge in [0.15, 0.2) is 12.0 Å². The van der Waals surface area contributed by atoms with Gasteiger partial charge in [-0.1, -0.05) is 194 Å². The molecule has 0 radical (unpaired) electrons. The Bertz CT molecular complexity index is 822. The van der Waals surface area contributed by atoms with Crippen LogP contribution in [0.3, 0.4) is 0 Å². The fraction of sp³-hybridized carbons (Fsp3) is 0.950. The van der Waals surface area contributed by atoms with Crippen LogP contribution < -0.4 is 0 Å². The zero-order chi connectivity index (χ0) is 38.3. The smallest absolute Gasteiger partial charge is 0.377 e. The molecule has 0 spiro atoms. The quantitative estimate of drug-likeness (QED) is 0.0200. The third-order valence-corrected chi connectivity index (χ3v) is 9.48. The van der Waals surface area contributed by atoms with Crippen LogP contribution in [0.15, 0.2) is 0 Å². The fourth-order valence-electron chi connectivity index (χ4n) is 6.05. The SMILES string of the molecule is CCCCCCCCCCCCCCCCCC(=O)O[N+](C)(OCC)OC(=O)CCCCCCCCCCCCCCCCC.COS(=O)(=O)[O-]. The van der Waals surface area contributed by atoms with Gasteiger partial charge in [0.2, 0.25) is 10.4 Å². The maximum absolute atomic E-state index is 12.4. The molecule has 0 aromatic carbocycles. The predicted molar refractivity (Wildman–Crippen MR) is 206 cm³/mol. The van der Waals surface area contributed by atoms with Gasteiger partial charge in [0.25, 0.3) is 0 Å². The van der Waals surface area contributed by atoms with E-state index < -0.39 is 15.4 Å². The normalized spacial score (nSPS) is 11.6. The molecule has 0 aliphatic carbocycles. The number of carbonyl (C=O) groups is 2. The first-order chi connectivity index (χ1) is 24.5. The van der Waals surface area contributed by atoms with Crippen LogP contribution in [0.2, 0.25) is 0 Å². The van der Waals surface area contributed by atoms with Crippen LogP contribution in [-0.2, 0) is 38.7 Å². The lowest BCUT2D eigenvalue weighted by atomic mass is 10.0. The highest BCUT2D eigenvalue weighted by atomic mass is 32.3. The molecule has 0 aliphatic rings. The largest absolute Gasteiger partial charge is 0.726 e. The second-order valence-corrected chi connectivity index (χ2v) is 15.2. The van der Waals surface area contributed by atoms with Gasteiger partial charge in [0.05, 0.1) is 20.0 Å². The third kappa shape index (κ3) is 43.0. The maximum Gasteiger partial charge on any atom is 0.377 e. The molecule has 11 heteroatoms. The highest BCUT2D eigenvalue weighted by Crippen LogP contribution is 2.17. The summed E-state index contributed by atoms with van der Waals surface area (Å²) in [6.45, 7) is 6.61. The average molecular weight is 752 g/mol. The lowest BCUT2D eigenvalue weighted by Gasteiger charge is -2.23. The Morgan fingerprint density at radius 2 is 0.686 bits per heavy atom. The highest BCUT2D eigenvalue weighted by molar-refractivity contribution is 7.80. The molecule has 0 unspecified atom stereocenters. The van der Waals surface area contributed by atoms with Crippen molar-refractivity contribution in [2.45, 2.75) is 226 Å². The first kappa shape index (κ1) is 51.8. The summed E-state index contributed by atoms with van der Waals surface area (Å²) in [5, 5.41) is 0. The fourth-order valence-corrected chi connectivity index (χ4v) is 6.05. The molecule has 51 heavy (non-hydrogen) atoms. The molecule has 10 nitrogen and oxygen atoms in total. The average Bonchev–Trinajstić information content (AvgIpc) is 3.08. The van der Waals surface area contributed by atoms with Gasteiger partial charge in [-0.25, -0.2) is 18.0 Å². The van der Waals surface area contributed by atoms with Crippen LogP contribution in [0, 0.1) is 0 Å². The second-order valence-electron chi connectivity index (χ2n) is 14.1. The summed E-state index contributed by atoms with van der Waals surface area (Å²) in [6, 6.07) is 0. The molecule has 0 aromatic rings. The van der Waals surface area contributed by atoms with Crippen molar-refractivity contribution < 1.29 is 46.2 Å². The topological polar surface area (TPSA) is 128 Å². The minimum absolute atomic E-state index is 0.273. The number of nitrogens with zero attached hydrogens (tertiary/aromatic N) is 1. The Labute approximate surface area is 314 Å². The van der Waals surface area contributed by atoms with Gasteiger partial charge in [0.1, 0.15) is 6.61 Å². The molecule has 0 aliphatic heterocycles. The summed E-state index contributed by atoms with van der Waals surface area (Å²) in [5.41, 5.74) is 0. The second kappa shape index (κ2) is 38.5. The van der Waals surface area contributed by atoms with Gasteiger partial charge >= 0.3 is 11.9 Å². The third-order valence-electron chi connectivity index (χ3n) is 9.07. The van der Waals surface area contributed by atoms with E-state index in [0.717, 1.165) is 45.6 Å². The zero-order valence-electron chi connectivity index (χ0n) is 33.9. The highest BCUT2D eigenvalue weighted by Gasteiger charge is 2.35. The van der Waals surface area contributed by atoms with Gasteiger partial charge in [0, 0.05) is 0 Å². The van der Waals surface area contributed by atoms with Crippen LogP contribution in [0.5, 0.6) is 0 Å². The van der Waals surface area contributed by atoms with E-state index in [2.05, 4.69) is 18.0 Å². The van der Waals surface area contributed by atoms with Gasteiger partial charge in [-0.15, -0.1) is 4.84 Å². The number of hydrogen-bond donors (Lipinski definition) is 0. The molecule has 0 fully saturated rings. The Balaban J connectivity index is 0. The monoisotopic (exact) mass is 752 g/mol. The van der Waals surface area contributed by atoms with E-state index in [4.69, 9.17) is 14.5 Å². The Hall–Kier alpha value is -1.27. The molecule has 0 heterocycles. The lowest BCUT2D eigenvalue weighted by Crippen LogP contribution is -2.47. The number of hydroxylamine groups is 3. The molecule has 0 aromatic heterocycles. The molecular weight excluding hydrogens is 671 g/mol. The van der Waals surface area contributed by atoms with E-state index in [0.29, 0.717) is 12.8 Å². The summed E-state index contributed by atoms with van der Waals surface area (Å²) in [4.78, 5) is 40.4. The molecule has 0 N–H and O–H groups in total. The summed E-state index contributed by atoms with van der Waals surface area (Å²) < 4.78 is 31.0. The molecular formula is C40H81NO9S. The van der Waals surface area contributed by atoms with E-state index in [1.54, 1.807) is 6.92 Å². The summed E-state index contributed by atoms with van der Waals surface area (Å²) in [6.07, 6.45) is 39.2. The summed E-state index contributed by atoms with van der Waals surface area (Å²) in [7, 11) is -2.13. The maximum atomic E-state index is 12.4. The molecule has 0 atom stereocenters. The Morgan fingerprint density at radius 3 is 0.882 bits per heavy atom. The first-order valence-corrected chi connectivity index (χ1v) is 22.3. The van der Waals surface area contributed by atoms with Crippen molar-refractivity contribution in [2.24, 2.45) is 0 Å². The van der Waals surface area contributed by atoms with Crippen molar-refractivity contribution >= 4 is 22.3 Å². The van der Waals surface area contributed by atoms with Crippen molar-refractivity contribution in [2.75, 3.05) is 20.8 Å². The van der Waals surface area contributed by atoms with Crippen molar-refractivity contribution in [1.82, 2.24) is 0 Å². The first-order valence-electron chi connectivity index (χ1n) is 21.0. The molecule has 306 valence electrons. The van der Waals surface area contributed by atoms with Crippen LogP contribution in [0.1, 0.15) is 226 Å². The molecule has 0 saturated heterocycles. The zero-order valence-corrected chi connectivity index (χ0v) is 34.7. The van der Waals surface area contributed by atoms with Crippen molar-refractivity contribution in [3.63, 3.8) is 0 Å². The molecule has 0 bridgehead atoms. The summed E-state index contributed by atoms with van der Waals surface area (Å²) >= 11 is 0. The van der Waals surface area contributed by atoms with E-state index in [1.165, 1.54) is 161 Å². The van der Waals surface area contributed by atoms with Crippen molar-refractivity contribution in [1.29, 1.82) is 0 Å². The van der Waals surface area contributed by atoms with Gasteiger partial charge in [-0.05, 0) is 19.8 Å². The van der Waals surface area contributed by atoms with Gasteiger partial charge < -0.3 is 4.55 Å².